The number of methoxy groups -OCH3 is 2. The monoisotopic (exact) mass is 499 g/mol. The average molecular weight is 500 g/mol. The van der Waals surface area contributed by atoms with Gasteiger partial charge < -0.3 is 13.9 Å². The van der Waals surface area contributed by atoms with Crippen LogP contribution in [0.2, 0.25) is 0 Å². The Bertz CT molecular complexity index is 1610. The van der Waals surface area contributed by atoms with Gasteiger partial charge in [-0.25, -0.2) is 4.79 Å². The van der Waals surface area contributed by atoms with Gasteiger partial charge in [-0.2, -0.15) is 0 Å². The summed E-state index contributed by atoms with van der Waals surface area (Å²) in [5.41, 5.74) is 4.91. The molecule has 3 aromatic carbocycles. The molecule has 0 fully saturated rings. The van der Waals surface area contributed by atoms with Gasteiger partial charge in [0.2, 0.25) is 0 Å². The van der Waals surface area contributed by atoms with Gasteiger partial charge >= 0.3 is 5.63 Å². The number of nitrogens with zero attached hydrogens (tertiary/aromatic N) is 3. The largest absolute Gasteiger partial charge is 0.497 e. The van der Waals surface area contributed by atoms with Crippen LogP contribution in [0.4, 0.5) is 0 Å². The fourth-order valence-corrected chi connectivity index (χ4v) is 5.06. The summed E-state index contributed by atoms with van der Waals surface area (Å²) in [6.45, 7) is 3.98. The number of benzene rings is 3. The molecule has 182 valence electrons. The molecule has 5 aromatic rings. The van der Waals surface area contributed by atoms with E-state index in [4.69, 9.17) is 13.9 Å². The topological polar surface area (TPSA) is 79.4 Å². The third kappa shape index (κ3) is 4.35. The molecule has 36 heavy (non-hydrogen) atoms. The van der Waals surface area contributed by atoms with Crippen LogP contribution in [0, 0.1) is 13.8 Å². The molecule has 2 heterocycles. The van der Waals surface area contributed by atoms with E-state index in [1.165, 1.54) is 11.8 Å². The van der Waals surface area contributed by atoms with Gasteiger partial charge in [0.15, 0.2) is 11.0 Å². The van der Waals surface area contributed by atoms with Crippen molar-refractivity contribution >= 4 is 22.7 Å². The molecule has 8 heteroatoms. The fourth-order valence-electron chi connectivity index (χ4n) is 4.12. The molecule has 0 unspecified atom stereocenters. The summed E-state index contributed by atoms with van der Waals surface area (Å²) in [5, 5.41) is 10.7. The van der Waals surface area contributed by atoms with E-state index in [1.807, 2.05) is 79.1 Å². The molecule has 0 atom stereocenters. The molecule has 0 saturated carbocycles. The molecule has 5 rings (SSSR count). The number of rotatable bonds is 7. The van der Waals surface area contributed by atoms with Crippen molar-refractivity contribution in [2.45, 2.75) is 24.8 Å². The minimum Gasteiger partial charge on any atom is -0.497 e. The summed E-state index contributed by atoms with van der Waals surface area (Å²) in [5.74, 6) is 2.64. The molecule has 7 nitrogen and oxygen atoms in total. The first kappa shape index (κ1) is 23.7. The van der Waals surface area contributed by atoms with Crippen molar-refractivity contribution in [2.75, 3.05) is 14.2 Å². The van der Waals surface area contributed by atoms with Gasteiger partial charge in [0.1, 0.15) is 17.1 Å². The number of ether oxygens (including phenoxy) is 2. The van der Waals surface area contributed by atoms with Gasteiger partial charge in [-0.15, -0.1) is 10.2 Å². The Kier molecular flexibility index (Phi) is 6.52. The Morgan fingerprint density at radius 2 is 1.72 bits per heavy atom. The highest BCUT2D eigenvalue weighted by molar-refractivity contribution is 7.98. The number of hydrogen-bond donors (Lipinski definition) is 0. The van der Waals surface area contributed by atoms with Gasteiger partial charge in [-0.3, -0.25) is 4.57 Å². The molecular formula is C28H25N3O4S. The standard InChI is InChI=1S/C28H25N3O4S/c1-17-9-14-22-19(15-25(32)35-26(22)18(17)2)16-36-28-30-29-27(23-7-5-6-8-24(23)34-4)31(28)20-10-12-21(33-3)13-11-20/h5-15H,16H2,1-4H3. The summed E-state index contributed by atoms with van der Waals surface area (Å²) in [6, 6.07) is 21.0. The van der Waals surface area contributed by atoms with E-state index in [-0.39, 0.29) is 5.63 Å². The third-order valence-corrected chi connectivity index (χ3v) is 7.16. The van der Waals surface area contributed by atoms with E-state index in [2.05, 4.69) is 10.2 Å². The van der Waals surface area contributed by atoms with Crippen molar-refractivity contribution in [3.8, 4) is 28.6 Å². The SMILES string of the molecule is COc1ccc(-n2c(SCc3cc(=O)oc4c(C)c(C)ccc34)nnc2-c2ccccc2OC)cc1. The minimum atomic E-state index is -0.363. The molecule has 0 radical (unpaired) electrons. The van der Waals surface area contributed by atoms with Crippen LogP contribution >= 0.6 is 11.8 Å². The highest BCUT2D eigenvalue weighted by Crippen LogP contribution is 2.35. The Balaban J connectivity index is 1.60. The van der Waals surface area contributed by atoms with Gasteiger partial charge in [-0.05, 0) is 66.9 Å². The first-order chi connectivity index (χ1) is 17.5. The molecule has 2 aromatic heterocycles. The molecule has 0 N–H and O–H groups in total. The lowest BCUT2D eigenvalue weighted by Crippen LogP contribution is -2.03. The van der Waals surface area contributed by atoms with Gasteiger partial charge in [0.05, 0.1) is 25.5 Å². The lowest BCUT2D eigenvalue weighted by molar-refractivity contribution is 0.414. The van der Waals surface area contributed by atoms with Crippen LogP contribution in [0.25, 0.3) is 28.0 Å². The Morgan fingerprint density at radius 3 is 2.47 bits per heavy atom. The van der Waals surface area contributed by atoms with Crippen molar-refractivity contribution in [2.24, 2.45) is 0 Å². The number of fused-ring (bicyclic) bond motifs is 1. The first-order valence-electron chi connectivity index (χ1n) is 11.4. The summed E-state index contributed by atoms with van der Waals surface area (Å²) < 4.78 is 18.5. The van der Waals surface area contributed by atoms with Crippen LogP contribution in [0.5, 0.6) is 11.5 Å². The zero-order valence-corrected chi connectivity index (χ0v) is 21.3. The summed E-state index contributed by atoms with van der Waals surface area (Å²) in [7, 11) is 3.28. The lowest BCUT2D eigenvalue weighted by Gasteiger charge is -2.13. The maximum Gasteiger partial charge on any atom is 0.336 e. The van der Waals surface area contributed by atoms with Crippen molar-refractivity contribution in [1.29, 1.82) is 0 Å². The van der Waals surface area contributed by atoms with Crippen LogP contribution in [0.1, 0.15) is 16.7 Å². The van der Waals surface area contributed by atoms with Crippen LogP contribution in [0.3, 0.4) is 0 Å². The molecule has 0 aliphatic heterocycles. The number of aromatic nitrogens is 3. The number of hydrogen-bond acceptors (Lipinski definition) is 7. The van der Waals surface area contributed by atoms with E-state index in [1.54, 1.807) is 20.3 Å². The predicted molar refractivity (Wildman–Crippen MR) is 141 cm³/mol. The number of para-hydroxylation sites is 1. The second-order valence-electron chi connectivity index (χ2n) is 8.30. The molecular weight excluding hydrogens is 474 g/mol. The van der Waals surface area contributed by atoms with Crippen molar-refractivity contribution in [3.63, 3.8) is 0 Å². The highest BCUT2D eigenvalue weighted by atomic mass is 32.2. The zero-order chi connectivity index (χ0) is 25.2. The molecule has 0 aliphatic rings. The van der Waals surface area contributed by atoms with Crippen LogP contribution in [-0.2, 0) is 5.75 Å². The number of aryl methyl sites for hydroxylation is 2. The minimum absolute atomic E-state index is 0.363. The van der Waals surface area contributed by atoms with Crippen LogP contribution in [0.15, 0.2) is 81.1 Å². The van der Waals surface area contributed by atoms with Crippen molar-refractivity contribution < 1.29 is 13.9 Å². The number of thioether (sulfide) groups is 1. The van der Waals surface area contributed by atoms with Crippen molar-refractivity contribution in [1.82, 2.24) is 14.8 Å². The van der Waals surface area contributed by atoms with Gasteiger partial charge in [0, 0.05) is 17.2 Å². The molecule has 0 aliphatic carbocycles. The zero-order valence-electron chi connectivity index (χ0n) is 20.4. The van der Waals surface area contributed by atoms with Crippen LogP contribution < -0.4 is 15.1 Å². The van der Waals surface area contributed by atoms with Gasteiger partial charge in [0.25, 0.3) is 0 Å². The molecule has 0 saturated heterocycles. The summed E-state index contributed by atoms with van der Waals surface area (Å²) >= 11 is 1.50. The van der Waals surface area contributed by atoms with E-state index >= 15 is 0 Å². The van der Waals surface area contributed by atoms with E-state index in [0.717, 1.165) is 39.1 Å². The second-order valence-corrected chi connectivity index (χ2v) is 9.25. The summed E-state index contributed by atoms with van der Waals surface area (Å²) in [6.07, 6.45) is 0. The average Bonchev–Trinajstić information content (AvgIpc) is 3.33. The smallest absolute Gasteiger partial charge is 0.336 e. The maximum absolute atomic E-state index is 12.4. The first-order valence-corrected chi connectivity index (χ1v) is 12.4. The molecule has 0 spiro atoms. The maximum atomic E-state index is 12.4. The third-order valence-electron chi connectivity index (χ3n) is 6.19. The Hall–Kier alpha value is -4.04. The Labute approximate surface area is 212 Å². The van der Waals surface area contributed by atoms with Crippen LogP contribution in [-0.4, -0.2) is 29.0 Å². The Morgan fingerprint density at radius 1 is 0.944 bits per heavy atom. The second kappa shape index (κ2) is 9.91. The van der Waals surface area contributed by atoms with Crippen molar-refractivity contribution in [3.05, 3.63) is 93.8 Å². The quantitative estimate of drug-likeness (QED) is 0.202. The molecule has 0 amide bonds. The van der Waals surface area contributed by atoms with Gasteiger partial charge in [-0.1, -0.05) is 36.0 Å². The molecule has 0 bridgehead atoms. The summed E-state index contributed by atoms with van der Waals surface area (Å²) in [4.78, 5) is 12.4. The van der Waals surface area contributed by atoms with E-state index < -0.39 is 0 Å². The highest BCUT2D eigenvalue weighted by Gasteiger charge is 2.20. The van der Waals surface area contributed by atoms with E-state index in [9.17, 15) is 4.79 Å². The van der Waals surface area contributed by atoms with E-state index in [0.29, 0.717) is 28.1 Å². The fraction of sp³-hybridized carbons (Fsp3) is 0.179. The predicted octanol–water partition coefficient (Wildman–Crippen LogP) is 5.97. The normalized spacial score (nSPS) is 11.1. The lowest BCUT2D eigenvalue weighted by atomic mass is 10.0.